The number of aliphatic hydroxyl groups is 1. The van der Waals surface area contributed by atoms with Crippen LogP contribution in [0.3, 0.4) is 0 Å². The monoisotopic (exact) mass is 925 g/mol. The van der Waals surface area contributed by atoms with Crippen molar-refractivity contribution in [3.63, 3.8) is 0 Å². The molecule has 0 spiro atoms. The highest BCUT2D eigenvalue weighted by atomic mass is 16.6. The molecule has 16 heteroatoms. The maximum Gasteiger partial charge on any atom is 0.330 e. The fourth-order valence-corrected chi connectivity index (χ4v) is 7.97. The molecule has 2 aromatic rings. The molecule has 66 heavy (non-hydrogen) atoms. The van der Waals surface area contributed by atoms with E-state index in [1.807, 2.05) is 102 Å². The molecule has 16 nitrogen and oxygen atoms in total. The van der Waals surface area contributed by atoms with E-state index < -0.39 is 35.3 Å². The predicted molar refractivity (Wildman–Crippen MR) is 248 cm³/mol. The highest BCUT2D eigenvalue weighted by molar-refractivity contribution is 5.87. The van der Waals surface area contributed by atoms with Gasteiger partial charge in [0, 0.05) is 63.3 Å². The number of amides is 3. The highest BCUT2D eigenvalue weighted by Crippen LogP contribution is 2.26. The van der Waals surface area contributed by atoms with Crippen molar-refractivity contribution < 1.29 is 57.6 Å². The summed E-state index contributed by atoms with van der Waals surface area (Å²) in [6, 6.07) is 18.3. The minimum absolute atomic E-state index is 0.00557. The van der Waals surface area contributed by atoms with Gasteiger partial charge in [-0.2, -0.15) is 0 Å². The topological polar surface area (TPSA) is 205 Å². The first-order valence-corrected chi connectivity index (χ1v) is 23.3. The van der Waals surface area contributed by atoms with Crippen LogP contribution in [0.1, 0.15) is 112 Å². The molecule has 0 aliphatic carbocycles. The van der Waals surface area contributed by atoms with Gasteiger partial charge in [-0.3, -0.25) is 20.1 Å². The first-order valence-electron chi connectivity index (χ1n) is 23.3. The van der Waals surface area contributed by atoms with E-state index in [2.05, 4.69) is 0 Å². The fraction of sp³-hybridized carbons (Fsp3) is 0.640. The molecule has 0 aromatic heterocycles. The molecule has 3 N–H and O–H groups in total. The van der Waals surface area contributed by atoms with Crippen molar-refractivity contribution in [3.05, 3.63) is 71.8 Å². The second kappa shape index (κ2) is 27.0. The van der Waals surface area contributed by atoms with Gasteiger partial charge in [0.05, 0.1) is 26.4 Å². The van der Waals surface area contributed by atoms with Crippen molar-refractivity contribution in [1.82, 2.24) is 14.7 Å². The van der Waals surface area contributed by atoms with Crippen LogP contribution >= 0.6 is 0 Å². The lowest BCUT2D eigenvalue weighted by Crippen LogP contribution is -2.45. The van der Waals surface area contributed by atoms with Gasteiger partial charge in [-0.05, 0) is 71.9 Å². The first-order chi connectivity index (χ1) is 31.2. The van der Waals surface area contributed by atoms with Crippen LogP contribution in [-0.2, 0) is 65.7 Å². The molecule has 368 valence electrons. The Morgan fingerprint density at radius 2 is 0.924 bits per heavy atom. The molecule has 0 radical (unpaired) electrons. The van der Waals surface area contributed by atoms with Gasteiger partial charge in [-0.1, -0.05) is 81.4 Å². The summed E-state index contributed by atoms with van der Waals surface area (Å²) in [5.74, 6) is -1.06. The van der Waals surface area contributed by atoms with Crippen LogP contribution in [0.15, 0.2) is 60.7 Å². The van der Waals surface area contributed by atoms with Crippen molar-refractivity contribution >= 4 is 35.6 Å². The maximum absolute atomic E-state index is 12.4. The molecule has 3 unspecified atom stereocenters. The average molecular weight is 925 g/mol. The number of benzene rings is 2. The number of rotatable bonds is 19. The van der Waals surface area contributed by atoms with Crippen molar-refractivity contribution in [2.45, 2.75) is 143 Å². The molecule has 3 aliphatic rings. The lowest BCUT2D eigenvalue weighted by molar-refractivity contribution is -0.164. The standard InChI is InChI=1S/C20H29NO4.C17H24N2O4.C13H23NO4/c1-5-17(19(23)25-20(2,3)4)21-12-16(11-18(21)22)14-24-13-15-9-7-6-8-10-15;1-2-15(17(21)23-12-18)19-9-14(8-16(19)20)11-22-10-13-6-4-3-5-7-13;1-5-10(12(17)18-13(2,3)4)14-7-9(8-15)6-11(14)16/h6-10,16-17H,5,11-14H2,1-4H3;3-7,14-15H,2,8-12,18H2,1H3;9-10,15H,5-8H2,1-4H3/t16?,17-;14?,15-;9?,10-/m000/s1. The van der Waals surface area contributed by atoms with Crippen LogP contribution in [0.4, 0.5) is 0 Å². The Balaban J connectivity index is 0.000000266. The fourth-order valence-electron chi connectivity index (χ4n) is 7.97. The molecule has 2 aromatic carbocycles. The summed E-state index contributed by atoms with van der Waals surface area (Å²) in [7, 11) is 0. The minimum Gasteiger partial charge on any atom is -0.458 e. The molecule has 3 heterocycles. The number of nitrogens with zero attached hydrogens (tertiary/aromatic N) is 3. The normalized spacial score (nSPS) is 19.9. The van der Waals surface area contributed by atoms with E-state index >= 15 is 0 Å². The van der Waals surface area contributed by atoms with Crippen LogP contribution in [0.5, 0.6) is 0 Å². The average Bonchev–Trinajstić information content (AvgIpc) is 3.93. The van der Waals surface area contributed by atoms with Gasteiger partial charge >= 0.3 is 17.9 Å². The third kappa shape index (κ3) is 18.4. The smallest absolute Gasteiger partial charge is 0.330 e. The molecule has 6 atom stereocenters. The third-order valence-electron chi connectivity index (χ3n) is 11.0. The quantitative estimate of drug-likeness (QED) is 0.103. The number of hydrogen-bond donors (Lipinski definition) is 2. The molecule has 0 saturated carbocycles. The zero-order chi connectivity index (χ0) is 49.0. The highest BCUT2D eigenvalue weighted by Gasteiger charge is 2.40. The van der Waals surface area contributed by atoms with E-state index in [0.29, 0.717) is 84.6 Å². The van der Waals surface area contributed by atoms with Gasteiger partial charge in [0.25, 0.3) is 0 Å². The van der Waals surface area contributed by atoms with Crippen molar-refractivity contribution in [2.24, 2.45) is 23.5 Å². The summed E-state index contributed by atoms with van der Waals surface area (Å²) in [6.07, 6.45) is 2.74. The second-order valence-corrected chi connectivity index (χ2v) is 19.0. The van der Waals surface area contributed by atoms with Gasteiger partial charge in [0.15, 0.2) is 0 Å². The van der Waals surface area contributed by atoms with Crippen LogP contribution < -0.4 is 5.73 Å². The summed E-state index contributed by atoms with van der Waals surface area (Å²) >= 11 is 0. The number of aliphatic hydroxyl groups excluding tert-OH is 1. The summed E-state index contributed by atoms with van der Waals surface area (Å²) in [5, 5.41) is 9.09. The molecular formula is C50H76N4O12. The molecule has 3 fully saturated rings. The molecule has 3 aliphatic heterocycles. The third-order valence-corrected chi connectivity index (χ3v) is 11.0. The maximum atomic E-state index is 12.4. The van der Waals surface area contributed by atoms with Crippen LogP contribution in [0, 0.1) is 17.8 Å². The Kier molecular flexibility index (Phi) is 22.7. The van der Waals surface area contributed by atoms with Crippen molar-refractivity contribution in [3.8, 4) is 0 Å². The summed E-state index contributed by atoms with van der Waals surface area (Å²) < 4.78 is 27.1. The van der Waals surface area contributed by atoms with Gasteiger partial charge in [0.2, 0.25) is 17.7 Å². The predicted octanol–water partition coefficient (Wildman–Crippen LogP) is 5.41. The van der Waals surface area contributed by atoms with E-state index in [4.69, 9.17) is 34.5 Å². The Morgan fingerprint density at radius 1 is 0.591 bits per heavy atom. The SMILES string of the molecule is CC[C@@H](C(=O)OC(C)(C)C)N1CC(CO)CC1=O.CC[C@@H](C(=O)OC(C)(C)C)N1CC(COCc2ccccc2)CC1=O.CC[C@@H](C(=O)OCN)N1CC(COCc2ccccc2)CC1=O. The number of hydrogen-bond acceptors (Lipinski definition) is 13. The Morgan fingerprint density at radius 3 is 1.23 bits per heavy atom. The summed E-state index contributed by atoms with van der Waals surface area (Å²) in [6.45, 7) is 19.9. The van der Waals surface area contributed by atoms with Gasteiger partial charge in [-0.25, -0.2) is 14.4 Å². The van der Waals surface area contributed by atoms with E-state index in [1.54, 1.807) is 30.6 Å². The zero-order valence-electron chi connectivity index (χ0n) is 40.7. The summed E-state index contributed by atoms with van der Waals surface area (Å²) in [4.78, 5) is 77.4. The molecular weight excluding hydrogens is 849 g/mol. The molecule has 3 saturated heterocycles. The largest absolute Gasteiger partial charge is 0.458 e. The van der Waals surface area contributed by atoms with Gasteiger partial charge in [-0.15, -0.1) is 0 Å². The van der Waals surface area contributed by atoms with Crippen molar-refractivity contribution in [2.75, 3.05) is 46.2 Å². The van der Waals surface area contributed by atoms with Gasteiger partial charge in [0.1, 0.15) is 36.1 Å². The van der Waals surface area contributed by atoms with E-state index in [-0.39, 0.29) is 60.8 Å². The number of esters is 3. The van der Waals surface area contributed by atoms with E-state index in [0.717, 1.165) is 11.1 Å². The van der Waals surface area contributed by atoms with Crippen LogP contribution in [0.25, 0.3) is 0 Å². The Labute approximate surface area is 391 Å². The van der Waals surface area contributed by atoms with E-state index in [1.165, 1.54) is 4.90 Å². The molecule has 5 rings (SSSR count). The van der Waals surface area contributed by atoms with Crippen LogP contribution in [0.2, 0.25) is 0 Å². The number of carbonyl (C=O) groups excluding carboxylic acids is 6. The number of likely N-dealkylation sites (tertiary alicyclic amines) is 3. The Bertz CT molecular complexity index is 1830. The van der Waals surface area contributed by atoms with Crippen LogP contribution in [-0.4, -0.2) is 131 Å². The lowest BCUT2D eigenvalue weighted by Gasteiger charge is -2.29. The zero-order valence-corrected chi connectivity index (χ0v) is 40.7. The second-order valence-electron chi connectivity index (χ2n) is 19.0. The Hall–Kier alpha value is -4.90. The minimum atomic E-state index is -0.552. The van der Waals surface area contributed by atoms with Gasteiger partial charge < -0.3 is 43.5 Å². The molecule has 0 bridgehead atoms. The first kappa shape index (κ1) is 55.4. The van der Waals surface area contributed by atoms with Crippen molar-refractivity contribution in [1.29, 1.82) is 0 Å². The number of nitrogens with two attached hydrogens (primary N) is 1. The molecule has 3 amide bonds. The lowest BCUT2D eigenvalue weighted by atomic mass is 10.1. The van der Waals surface area contributed by atoms with E-state index in [9.17, 15) is 28.8 Å². The summed E-state index contributed by atoms with van der Waals surface area (Å²) in [5.41, 5.74) is 6.35. The number of ether oxygens (including phenoxy) is 5. The number of carbonyl (C=O) groups is 6.